The molecule has 1 aromatic carbocycles. The number of nitrogens with zero attached hydrogens (tertiary/aromatic N) is 2. The van der Waals surface area contributed by atoms with Gasteiger partial charge in [0.15, 0.2) is 5.96 Å². The summed E-state index contributed by atoms with van der Waals surface area (Å²) in [5.74, 6) is 0.680. The summed E-state index contributed by atoms with van der Waals surface area (Å²) >= 11 is 0. The Bertz CT molecular complexity index is 504. The fourth-order valence-corrected chi connectivity index (χ4v) is 2.67. The van der Waals surface area contributed by atoms with Crippen LogP contribution in [0.1, 0.15) is 18.9 Å². The van der Waals surface area contributed by atoms with Crippen LogP contribution in [0.15, 0.2) is 29.3 Å². The van der Waals surface area contributed by atoms with E-state index in [1.807, 2.05) is 6.07 Å². The smallest absolute Gasteiger partial charge is 0.191 e. The Kier molecular flexibility index (Phi) is 8.55. The third-order valence-electron chi connectivity index (χ3n) is 3.95. The van der Waals surface area contributed by atoms with Gasteiger partial charge in [0.25, 0.3) is 0 Å². The molecule has 1 aliphatic heterocycles. The summed E-state index contributed by atoms with van der Waals surface area (Å²) < 4.78 is 18.5. The summed E-state index contributed by atoms with van der Waals surface area (Å²) in [5, 5.41) is 6.64. The van der Waals surface area contributed by atoms with Crippen LogP contribution in [0.4, 0.5) is 4.39 Å². The van der Waals surface area contributed by atoms with Crippen molar-refractivity contribution >= 4 is 5.96 Å². The Hall–Kier alpha value is -1.66. The number of hydrogen-bond donors (Lipinski definition) is 2. The van der Waals surface area contributed by atoms with Crippen molar-refractivity contribution in [1.29, 1.82) is 0 Å². The van der Waals surface area contributed by atoms with E-state index in [1.54, 1.807) is 12.1 Å². The normalized spacial score (nSPS) is 16.2. The van der Waals surface area contributed by atoms with Crippen LogP contribution in [0.5, 0.6) is 0 Å². The van der Waals surface area contributed by atoms with Crippen LogP contribution in [0, 0.1) is 5.82 Å². The van der Waals surface area contributed by atoms with Gasteiger partial charge in [0, 0.05) is 39.3 Å². The molecule has 5 nitrogen and oxygen atoms in total. The van der Waals surface area contributed by atoms with Gasteiger partial charge >= 0.3 is 0 Å². The third kappa shape index (κ3) is 7.27. The lowest BCUT2D eigenvalue weighted by Gasteiger charge is -2.26. The lowest BCUT2D eigenvalue weighted by Crippen LogP contribution is -2.44. The number of ether oxygens (including phenoxy) is 1. The molecule has 0 saturated carbocycles. The zero-order valence-corrected chi connectivity index (χ0v) is 14.6. The van der Waals surface area contributed by atoms with Crippen LogP contribution in [0.3, 0.4) is 0 Å². The van der Waals surface area contributed by atoms with E-state index in [1.165, 1.54) is 6.07 Å². The van der Waals surface area contributed by atoms with Crippen LogP contribution >= 0.6 is 0 Å². The highest BCUT2D eigenvalue weighted by atomic mass is 19.1. The van der Waals surface area contributed by atoms with Crippen LogP contribution in [0.2, 0.25) is 0 Å². The Balaban J connectivity index is 1.67. The van der Waals surface area contributed by atoms with E-state index in [2.05, 4.69) is 27.4 Å². The summed E-state index contributed by atoms with van der Waals surface area (Å²) in [7, 11) is 0. The highest BCUT2D eigenvalue weighted by Crippen LogP contribution is 2.06. The molecule has 1 aromatic rings. The van der Waals surface area contributed by atoms with E-state index < -0.39 is 0 Å². The summed E-state index contributed by atoms with van der Waals surface area (Å²) in [5.41, 5.74) is 1.02. The fraction of sp³-hybridized carbons (Fsp3) is 0.611. The maximum Gasteiger partial charge on any atom is 0.191 e. The van der Waals surface area contributed by atoms with Crippen LogP contribution in [-0.2, 0) is 11.2 Å². The maximum absolute atomic E-state index is 13.1. The summed E-state index contributed by atoms with van der Waals surface area (Å²) in [4.78, 5) is 6.98. The van der Waals surface area contributed by atoms with Crippen molar-refractivity contribution in [3.05, 3.63) is 35.6 Å². The predicted octanol–water partition coefficient (Wildman–Crippen LogP) is 1.65. The number of hydrogen-bond acceptors (Lipinski definition) is 3. The first-order valence-corrected chi connectivity index (χ1v) is 8.84. The molecule has 0 aliphatic carbocycles. The Morgan fingerprint density at radius 2 is 2.12 bits per heavy atom. The monoisotopic (exact) mass is 336 g/mol. The maximum atomic E-state index is 13.1. The van der Waals surface area contributed by atoms with Crippen molar-refractivity contribution in [2.24, 2.45) is 4.99 Å². The van der Waals surface area contributed by atoms with Crippen LogP contribution < -0.4 is 10.6 Å². The number of nitrogens with one attached hydrogen (secondary N) is 2. The predicted molar refractivity (Wildman–Crippen MR) is 96.0 cm³/mol. The molecule has 2 N–H and O–H groups in total. The van der Waals surface area contributed by atoms with Gasteiger partial charge in [-0.05, 0) is 37.5 Å². The minimum atomic E-state index is -0.172. The molecule has 1 aliphatic rings. The van der Waals surface area contributed by atoms with E-state index >= 15 is 0 Å². The molecule has 0 spiro atoms. The SMILES string of the molecule is CCNC(=NCCCc1cccc(F)c1)NCCN1CCOCC1. The molecule has 1 fully saturated rings. The first kappa shape index (κ1) is 18.7. The molecule has 0 amide bonds. The fourth-order valence-electron chi connectivity index (χ4n) is 2.67. The number of aryl methyl sites for hydroxylation is 1. The van der Waals surface area contributed by atoms with Crippen molar-refractivity contribution in [1.82, 2.24) is 15.5 Å². The third-order valence-corrected chi connectivity index (χ3v) is 3.95. The van der Waals surface area contributed by atoms with Gasteiger partial charge in [0.2, 0.25) is 0 Å². The van der Waals surface area contributed by atoms with Crippen molar-refractivity contribution in [3.63, 3.8) is 0 Å². The Morgan fingerprint density at radius 1 is 1.29 bits per heavy atom. The second kappa shape index (κ2) is 11.0. The van der Waals surface area contributed by atoms with Crippen LogP contribution in [0.25, 0.3) is 0 Å². The van der Waals surface area contributed by atoms with Crippen molar-refractivity contribution in [2.75, 3.05) is 52.5 Å². The van der Waals surface area contributed by atoms with Crippen molar-refractivity contribution in [2.45, 2.75) is 19.8 Å². The summed E-state index contributed by atoms with van der Waals surface area (Å²) in [6.45, 7) is 9.16. The molecule has 1 saturated heterocycles. The molecule has 134 valence electrons. The minimum absolute atomic E-state index is 0.172. The number of guanidine groups is 1. The van der Waals surface area contributed by atoms with E-state index in [0.29, 0.717) is 0 Å². The van der Waals surface area contributed by atoms with Gasteiger partial charge in [-0.3, -0.25) is 9.89 Å². The molecule has 0 bridgehead atoms. The largest absolute Gasteiger partial charge is 0.379 e. The second-order valence-electron chi connectivity index (χ2n) is 5.87. The Labute approximate surface area is 144 Å². The molecule has 0 aromatic heterocycles. The number of aliphatic imine (C=N–C) groups is 1. The van der Waals surface area contributed by atoms with Gasteiger partial charge in [-0.15, -0.1) is 0 Å². The first-order valence-electron chi connectivity index (χ1n) is 8.84. The van der Waals surface area contributed by atoms with Gasteiger partial charge in [-0.2, -0.15) is 0 Å². The average Bonchev–Trinajstić information content (AvgIpc) is 2.60. The lowest BCUT2D eigenvalue weighted by molar-refractivity contribution is 0.0389. The van der Waals surface area contributed by atoms with Gasteiger partial charge in [-0.1, -0.05) is 12.1 Å². The van der Waals surface area contributed by atoms with E-state index in [0.717, 1.165) is 76.8 Å². The topological polar surface area (TPSA) is 48.9 Å². The number of morpholine rings is 1. The quantitative estimate of drug-likeness (QED) is 0.430. The molecule has 0 radical (unpaired) electrons. The van der Waals surface area contributed by atoms with E-state index in [9.17, 15) is 4.39 Å². The molecule has 0 unspecified atom stereocenters. The second-order valence-corrected chi connectivity index (χ2v) is 5.87. The Morgan fingerprint density at radius 3 is 2.88 bits per heavy atom. The zero-order chi connectivity index (χ0) is 17.0. The highest BCUT2D eigenvalue weighted by Gasteiger charge is 2.09. The summed E-state index contributed by atoms with van der Waals surface area (Å²) in [6, 6.07) is 6.78. The lowest BCUT2D eigenvalue weighted by atomic mass is 10.1. The zero-order valence-electron chi connectivity index (χ0n) is 14.6. The molecule has 2 rings (SSSR count). The highest BCUT2D eigenvalue weighted by molar-refractivity contribution is 5.79. The van der Waals surface area contributed by atoms with Gasteiger partial charge in [0.05, 0.1) is 13.2 Å². The van der Waals surface area contributed by atoms with Crippen molar-refractivity contribution in [3.8, 4) is 0 Å². The van der Waals surface area contributed by atoms with E-state index in [4.69, 9.17) is 4.74 Å². The molecule has 24 heavy (non-hydrogen) atoms. The number of benzene rings is 1. The molecular formula is C18H29FN4O. The average molecular weight is 336 g/mol. The number of rotatable bonds is 8. The minimum Gasteiger partial charge on any atom is -0.379 e. The van der Waals surface area contributed by atoms with Gasteiger partial charge < -0.3 is 15.4 Å². The van der Waals surface area contributed by atoms with Gasteiger partial charge in [0.1, 0.15) is 5.82 Å². The first-order chi connectivity index (χ1) is 11.8. The number of halogens is 1. The molecule has 1 heterocycles. The molecule has 0 atom stereocenters. The van der Waals surface area contributed by atoms with Crippen LogP contribution in [-0.4, -0.2) is 63.3 Å². The van der Waals surface area contributed by atoms with E-state index in [-0.39, 0.29) is 5.82 Å². The molecular weight excluding hydrogens is 307 g/mol. The van der Waals surface area contributed by atoms with Gasteiger partial charge in [-0.25, -0.2) is 4.39 Å². The molecule has 6 heteroatoms. The summed E-state index contributed by atoms with van der Waals surface area (Å²) in [6.07, 6.45) is 1.75. The standard InChI is InChI=1S/C18H29FN4O/c1-2-20-18(22-9-10-23-11-13-24-14-12-23)21-8-4-6-16-5-3-7-17(19)15-16/h3,5,7,15H,2,4,6,8-14H2,1H3,(H2,20,21,22). The van der Waals surface area contributed by atoms with Crippen molar-refractivity contribution < 1.29 is 9.13 Å².